The molecule has 0 amide bonds. The quantitative estimate of drug-likeness (QED) is 0.548. The molecule has 1 unspecified atom stereocenters. The van der Waals surface area contributed by atoms with Gasteiger partial charge in [0.1, 0.15) is 5.25 Å². The van der Waals surface area contributed by atoms with Crippen LogP contribution in [-0.4, -0.2) is 23.4 Å². The third kappa shape index (κ3) is 4.67. The van der Waals surface area contributed by atoms with E-state index in [0.717, 1.165) is 4.47 Å². The normalized spacial score (nSPS) is 13.4. The summed E-state index contributed by atoms with van der Waals surface area (Å²) in [7, 11) is -7.60. The van der Waals surface area contributed by atoms with Gasteiger partial charge >= 0.3 is 0 Å². The van der Waals surface area contributed by atoms with Crippen LogP contribution in [-0.2, 0) is 19.9 Å². The third-order valence-electron chi connectivity index (χ3n) is 3.89. The summed E-state index contributed by atoms with van der Waals surface area (Å²) < 4.78 is 54.5. The highest BCUT2D eigenvalue weighted by Gasteiger charge is 2.31. The first kappa shape index (κ1) is 20.2. The Kier molecular flexibility index (Phi) is 6.17. The molecule has 5 nitrogen and oxygen atoms in total. The number of hydrogen-bond acceptors (Lipinski definition) is 5. The van der Waals surface area contributed by atoms with Crippen LogP contribution < -0.4 is 4.72 Å². The summed E-state index contributed by atoms with van der Waals surface area (Å²) >= 11 is 4.54. The molecule has 3 rings (SSSR count). The predicted octanol–water partition coefficient (Wildman–Crippen LogP) is 4.00. The van der Waals surface area contributed by atoms with Gasteiger partial charge in [0.2, 0.25) is 10.0 Å². The largest absolute Gasteiger partial charge is 0.240 e. The van der Waals surface area contributed by atoms with Crippen LogP contribution in [0, 0.1) is 0 Å². The van der Waals surface area contributed by atoms with Gasteiger partial charge in [0, 0.05) is 15.9 Å². The van der Waals surface area contributed by atoms with Crippen LogP contribution in [0.5, 0.6) is 0 Å². The number of sulfonamides is 1. The zero-order valence-corrected chi connectivity index (χ0v) is 18.0. The molecule has 0 spiro atoms. The summed E-state index contributed by atoms with van der Waals surface area (Å²) in [5.74, 6) is 0. The number of sulfone groups is 1. The number of halogens is 1. The van der Waals surface area contributed by atoms with Crippen LogP contribution in [0.3, 0.4) is 0 Å². The van der Waals surface area contributed by atoms with E-state index in [-0.39, 0.29) is 16.3 Å². The van der Waals surface area contributed by atoms with E-state index in [1.54, 1.807) is 47.8 Å². The monoisotopic (exact) mass is 485 g/mol. The Labute approximate surface area is 171 Å². The van der Waals surface area contributed by atoms with E-state index in [0.29, 0.717) is 4.88 Å². The molecule has 0 aliphatic heterocycles. The number of hydrogen-bond donors (Lipinski definition) is 1. The lowest BCUT2D eigenvalue weighted by atomic mass is 10.3. The van der Waals surface area contributed by atoms with Gasteiger partial charge in [-0.05, 0) is 47.8 Å². The van der Waals surface area contributed by atoms with E-state index in [1.807, 2.05) is 0 Å². The van der Waals surface area contributed by atoms with Crippen LogP contribution in [0.25, 0.3) is 0 Å². The predicted molar refractivity (Wildman–Crippen MR) is 110 cm³/mol. The lowest BCUT2D eigenvalue weighted by Crippen LogP contribution is -2.31. The topological polar surface area (TPSA) is 80.3 Å². The Bertz CT molecular complexity index is 1100. The molecular formula is C18H16BrNO4S3. The molecule has 27 heavy (non-hydrogen) atoms. The van der Waals surface area contributed by atoms with Gasteiger partial charge in [0.25, 0.3) is 0 Å². The lowest BCUT2D eigenvalue weighted by molar-refractivity contribution is 0.569. The molecule has 3 aromatic rings. The third-order valence-corrected chi connectivity index (χ3v) is 9.09. The smallest absolute Gasteiger partial charge is 0.223 e. The maximum Gasteiger partial charge on any atom is 0.240 e. The summed E-state index contributed by atoms with van der Waals surface area (Å²) in [6.45, 7) is -0.254. The van der Waals surface area contributed by atoms with Gasteiger partial charge in [-0.15, -0.1) is 11.3 Å². The average Bonchev–Trinajstić information content (AvgIpc) is 3.17. The van der Waals surface area contributed by atoms with Crippen molar-refractivity contribution in [2.24, 2.45) is 0 Å². The standard InChI is InChI=1S/C18H16BrNO4S3/c19-14-8-10-16(11-9-14)27(23,24)20-13-18(17-7-4-12-25-17)26(21,22)15-5-2-1-3-6-15/h1-12,18,20H,13H2. The Morgan fingerprint density at radius 1 is 0.852 bits per heavy atom. The molecule has 0 radical (unpaired) electrons. The average molecular weight is 486 g/mol. The van der Waals surface area contributed by atoms with Crippen LogP contribution >= 0.6 is 27.3 Å². The first-order chi connectivity index (χ1) is 12.8. The van der Waals surface area contributed by atoms with E-state index in [9.17, 15) is 16.8 Å². The second kappa shape index (κ2) is 8.24. The van der Waals surface area contributed by atoms with Crippen LogP contribution in [0.2, 0.25) is 0 Å². The van der Waals surface area contributed by atoms with Crippen molar-refractivity contribution in [2.75, 3.05) is 6.54 Å². The fourth-order valence-corrected chi connectivity index (χ4v) is 6.72. The van der Waals surface area contributed by atoms with E-state index < -0.39 is 25.1 Å². The van der Waals surface area contributed by atoms with Gasteiger partial charge in [-0.3, -0.25) is 0 Å². The molecule has 1 heterocycles. The van der Waals surface area contributed by atoms with Gasteiger partial charge in [0.15, 0.2) is 9.84 Å². The lowest BCUT2D eigenvalue weighted by Gasteiger charge is -2.17. The van der Waals surface area contributed by atoms with Crippen molar-refractivity contribution in [3.05, 3.63) is 81.5 Å². The SMILES string of the molecule is O=S(=O)(NCC(c1cccs1)S(=O)(=O)c1ccccc1)c1ccc(Br)cc1. The maximum absolute atomic E-state index is 13.1. The van der Waals surface area contributed by atoms with Crippen LogP contribution in [0.4, 0.5) is 0 Å². The number of rotatable bonds is 7. The van der Waals surface area contributed by atoms with E-state index >= 15 is 0 Å². The Morgan fingerprint density at radius 3 is 2.11 bits per heavy atom. The minimum absolute atomic E-state index is 0.0766. The molecule has 0 saturated heterocycles. The number of benzene rings is 2. The van der Waals surface area contributed by atoms with Gasteiger partial charge in [0.05, 0.1) is 9.79 Å². The molecule has 0 fully saturated rings. The molecule has 0 bridgehead atoms. The Hall–Kier alpha value is -1.52. The summed E-state index contributed by atoms with van der Waals surface area (Å²) in [5, 5.41) is 0.761. The highest BCUT2D eigenvalue weighted by Crippen LogP contribution is 2.31. The highest BCUT2D eigenvalue weighted by atomic mass is 79.9. The highest BCUT2D eigenvalue weighted by molar-refractivity contribution is 9.10. The second-order valence-corrected chi connectivity index (χ2v) is 11.5. The second-order valence-electron chi connectivity index (χ2n) is 5.67. The molecule has 0 aliphatic rings. The van der Waals surface area contributed by atoms with Crippen molar-refractivity contribution in [1.82, 2.24) is 4.72 Å². The van der Waals surface area contributed by atoms with E-state index in [1.165, 1.54) is 35.6 Å². The molecule has 1 N–H and O–H groups in total. The van der Waals surface area contributed by atoms with E-state index in [4.69, 9.17) is 0 Å². The van der Waals surface area contributed by atoms with Crippen molar-refractivity contribution < 1.29 is 16.8 Å². The Balaban J connectivity index is 1.91. The zero-order valence-electron chi connectivity index (χ0n) is 13.9. The minimum atomic E-state index is -3.84. The van der Waals surface area contributed by atoms with Gasteiger partial charge in [-0.2, -0.15) is 0 Å². The summed E-state index contributed by atoms with van der Waals surface area (Å²) in [5.41, 5.74) is 0. The fourth-order valence-electron chi connectivity index (χ4n) is 2.49. The van der Waals surface area contributed by atoms with Crippen molar-refractivity contribution >= 4 is 47.1 Å². The maximum atomic E-state index is 13.1. The minimum Gasteiger partial charge on any atom is -0.223 e. The van der Waals surface area contributed by atoms with Crippen molar-refractivity contribution in [2.45, 2.75) is 15.0 Å². The number of nitrogens with one attached hydrogen (secondary N) is 1. The first-order valence-electron chi connectivity index (χ1n) is 7.88. The van der Waals surface area contributed by atoms with Crippen molar-refractivity contribution in [3.8, 4) is 0 Å². The molecule has 1 aromatic heterocycles. The van der Waals surface area contributed by atoms with Gasteiger partial charge in [-0.25, -0.2) is 21.6 Å². The first-order valence-corrected chi connectivity index (χ1v) is 12.6. The summed E-state index contributed by atoms with van der Waals surface area (Å²) in [6.07, 6.45) is 0. The molecule has 9 heteroatoms. The van der Waals surface area contributed by atoms with Gasteiger partial charge in [-0.1, -0.05) is 40.2 Å². The van der Waals surface area contributed by atoms with Crippen molar-refractivity contribution in [3.63, 3.8) is 0 Å². The molecule has 2 aromatic carbocycles. The molecule has 142 valence electrons. The zero-order chi connectivity index (χ0) is 19.5. The molecule has 1 atom stereocenters. The molecular weight excluding hydrogens is 470 g/mol. The van der Waals surface area contributed by atoms with Crippen LogP contribution in [0.1, 0.15) is 10.1 Å². The van der Waals surface area contributed by atoms with Gasteiger partial charge < -0.3 is 0 Å². The van der Waals surface area contributed by atoms with Crippen molar-refractivity contribution in [1.29, 1.82) is 0 Å². The summed E-state index contributed by atoms with van der Waals surface area (Å²) in [4.78, 5) is 0.816. The summed E-state index contributed by atoms with van der Waals surface area (Å²) in [6, 6.07) is 17.6. The molecule has 0 saturated carbocycles. The fraction of sp³-hybridized carbons (Fsp3) is 0.111. The van der Waals surface area contributed by atoms with E-state index in [2.05, 4.69) is 20.7 Å². The van der Waals surface area contributed by atoms with Crippen LogP contribution in [0.15, 0.2) is 86.4 Å². The Morgan fingerprint density at radius 2 is 1.52 bits per heavy atom. The number of thiophene rings is 1. The molecule has 0 aliphatic carbocycles.